The van der Waals surface area contributed by atoms with Crippen LogP contribution < -0.4 is 5.56 Å². The number of nitrogens with zero attached hydrogens (tertiary/aromatic N) is 5. The van der Waals surface area contributed by atoms with Crippen molar-refractivity contribution in [2.75, 3.05) is 0 Å². The Kier molecular flexibility index (Phi) is 7.20. The Morgan fingerprint density at radius 1 is 1.10 bits per heavy atom. The van der Waals surface area contributed by atoms with Crippen LogP contribution in [0.1, 0.15) is 54.7 Å². The normalized spacial score (nSPS) is 13.8. The molecule has 1 aliphatic carbocycles. The Balaban J connectivity index is 1.64. The molecule has 1 atom stereocenters. The third-order valence-corrected chi connectivity index (χ3v) is 8.87. The number of aromatic nitrogens is 3. The second kappa shape index (κ2) is 10.8. The summed E-state index contributed by atoms with van der Waals surface area (Å²) in [6.07, 6.45) is 5.80. The maximum Gasteiger partial charge on any atom is 0.277 e. The molecule has 200 valence electrons. The van der Waals surface area contributed by atoms with Gasteiger partial charge in [-0.05, 0) is 66.6 Å². The lowest BCUT2D eigenvalue weighted by molar-refractivity contribution is 0.406. The molecular formula is C30H25N5O4S. The Bertz CT molecular complexity index is 1850. The van der Waals surface area contributed by atoms with E-state index in [2.05, 4.69) is 22.1 Å². The van der Waals surface area contributed by atoms with Gasteiger partial charge in [0.05, 0.1) is 34.2 Å². The highest BCUT2D eigenvalue weighted by Crippen LogP contribution is 2.35. The summed E-state index contributed by atoms with van der Waals surface area (Å²) in [5.41, 5.74) is 1.72. The minimum absolute atomic E-state index is 0.200. The van der Waals surface area contributed by atoms with Crippen molar-refractivity contribution in [2.45, 2.75) is 48.4 Å². The monoisotopic (exact) mass is 551 g/mol. The summed E-state index contributed by atoms with van der Waals surface area (Å²) in [5, 5.41) is 29.6. The molecule has 0 saturated heterocycles. The Morgan fingerprint density at radius 2 is 1.85 bits per heavy atom. The van der Waals surface area contributed by atoms with Gasteiger partial charge in [-0.3, -0.25) is 14.3 Å². The second-order valence-corrected chi connectivity index (χ2v) is 11.6. The van der Waals surface area contributed by atoms with Gasteiger partial charge >= 0.3 is 0 Å². The van der Waals surface area contributed by atoms with E-state index in [4.69, 9.17) is 0 Å². The van der Waals surface area contributed by atoms with Gasteiger partial charge in [-0.25, -0.2) is 8.42 Å². The smallest absolute Gasteiger partial charge is 0.277 e. The van der Waals surface area contributed by atoms with Gasteiger partial charge in [0.1, 0.15) is 5.82 Å². The summed E-state index contributed by atoms with van der Waals surface area (Å²) in [5.74, 6) is -0.212. The van der Waals surface area contributed by atoms with Crippen LogP contribution in [0, 0.1) is 28.6 Å². The highest BCUT2D eigenvalue weighted by atomic mass is 32.2. The number of hydrogen-bond donors (Lipinski definition) is 1. The molecule has 0 aliphatic heterocycles. The van der Waals surface area contributed by atoms with Crippen LogP contribution in [0.15, 0.2) is 81.6 Å². The van der Waals surface area contributed by atoms with E-state index < -0.39 is 32.2 Å². The molecule has 9 nitrogen and oxygen atoms in total. The SMILES string of the molecule is CCC(c1cccc(C#N)c1)n1c(CC2CC2)nc(O)c(S(=O)(=O)c2ccc(-c3cnccc3C#N)cc2)c1=O. The minimum Gasteiger partial charge on any atom is -0.492 e. The zero-order valence-electron chi connectivity index (χ0n) is 21.7. The molecule has 2 aromatic heterocycles. The van der Waals surface area contributed by atoms with E-state index in [0.29, 0.717) is 52.4 Å². The van der Waals surface area contributed by atoms with Crippen LogP contribution in [0.5, 0.6) is 5.88 Å². The zero-order chi connectivity index (χ0) is 28.4. The Morgan fingerprint density at radius 3 is 2.50 bits per heavy atom. The number of sulfone groups is 1. The van der Waals surface area contributed by atoms with Crippen LogP contribution in [0.25, 0.3) is 11.1 Å². The average Bonchev–Trinajstić information content (AvgIpc) is 3.79. The number of nitriles is 2. The van der Waals surface area contributed by atoms with E-state index >= 15 is 0 Å². The largest absolute Gasteiger partial charge is 0.492 e. The summed E-state index contributed by atoms with van der Waals surface area (Å²) < 4.78 is 28.9. The van der Waals surface area contributed by atoms with Gasteiger partial charge in [0.2, 0.25) is 15.7 Å². The lowest BCUT2D eigenvalue weighted by atomic mass is 10.0. The summed E-state index contributed by atoms with van der Waals surface area (Å²) in [4.78, 5) is 21.3. The first-order chi connectivity index (χ1) is 19.3. The van der Waals surface area contributed by atoms with Crippen molar-refractivity contribution < 1.29 is 13.5 Å². The van der Waals surface area contributed by atoms with Gasteiger partial charge in [-0.15, -0.1) is 0 Å². The Hall–Kier alpha value is -4.80. The Labute approximate surface area is 231 Å². The van der Waals surface area contributed by atoms with E-state index in [1.807, 2.05) is 6.92 Å². The second-order valence-electron chi connectivity index (χ2n) is 9.73. The van der Waals surface area contributed by atoms with E-state index in [1.165, 1.54) is 41.2 Å². The molecule has 10 heteroatoms. The molecule has 0 radical (unpaired) electrons. The number of benzene rings is 2. The van der Waals surface area contributed by atoms with Crippen molar-refractivity contribution in [3.8, 4) is 29.1 Å². The molecule has 2 heterocycles. The molecule has 40 heavy (non-hydrogen) atoms. The number of rotatable bonds is 8. The highest BCUT2D eigenvalue weighted by Gasteiger charge is 2.33. The molecule has 5 rings (SSSR count). The van der Waals surface area contributed by atoms with Crippen molar-refractivity contribution in [1.82, 2.24) is 14.5 Å². The van der Waals surface area contributed by atoms with Crippen molar-refractivity contribution in [1.29, 1.82) is 10.5 Å². The summed E-state index contributed by atoms with van der Waals surface area (Å²) in [7, 11) is -4.48. The topological polar surface area (TPSA) is 150 Å². The van der Waals surface area contributed by atoms with Crippen LogP contribution in [-0.4, -0.2) is 28.1 Å². The number of hydrogen-bond acceptors (Lipinski definition) is 8. The minimum atomic E-state index is -4.48. The summed E-state index contributed by atoms with van der Waals surface area (Å²) >= 11 is 0. The molecule has 1 N–H and O–H groups in total. The zero-order valence-corrected chi connectivity index (χ0v) is 22.5. The maximum absolute atomic E-state index is 14.0. The van der Waals surface area contributed by atoms with Gasteiger partial charge in [0, 0.05) is 24.4 Å². The molecule has 0 spiro atoms. The van der Waals surface area contributed by atoms with Crippen LogP contribution in [0.2, 0.25) is 0 Å². The predicted octanol–water partition coefficient (Wildman–Crippen LogP) is 4.54. The lowest BCUT2D eigenvalue weighted by Crippen LogP contribution is -2.33. The van der Waals surface area contributed by atoms with Gasteiger partial charge in [0.25, 0.3) is 5.56 Å². The van der Waals surface area contributed by atoms with E-state index in [-0.39, 0.29) is 4.90 Å². The van der Waals surface area contributed by atoms with Crippen LogP contribution >= 0.6 is 0 Å². The first-order valence-corrected chi connectivity index (χ1v) is 14.3. The third kappa shape index (κ3) is 4.97. The number of pyridine rings is 1. The van der Waals surface area contributed by atoms with Crippen molar-refractivity contribution in [2.24, 2.45) is 5.92 Å². The molecule has 1 fully saturated rings. The summed E-state index contributed by atoms with van der Waals surface area (Å²) in [6, 6.07) is 17.7. The van der Waals surface area contributed by atoms with Gasteiger partial charge in [-0.1, -0.05) is 31.2 Å². The number of aromatic hydroxyl groups is 1. The molecule has 4 aromatic rings. The molecule has 2 aromatic carbocycles. The quantitative estimate of drug-likeness (QED) is 0.335. The predicted molar refractivity (Wildman–Crippen MR) is 146 cm³/mol. The van der Waals surface area contributed by atoms with Gasteiger partial charge < -0.3 is 5.11 Å². The fourth-order valence-electron chi connectivity index (χ4n) is 4.87. The molecule has 0 amide bonds. The van der Waals surface area contributed by atoms with Crippen LogP contribution in [0.3, 0.4) is 0 Å². The van der Waals surface area contributed by atoms with Gasteiger partial charge in [0.15, 0.2) is 4.90 Å². The summed E-state index contributed by atoms with van der Waals surface area (Å²) in [6.45, 7) is 1.87. The van der Waals surface area contributed by atoms with E-state index in [9.17, 15) is 28.8 Å². The van der Waals surface area contributed by atoms with E-state index in [0.717, 1.165) is 12.8 Å². The van der Waals surface area contributed by atoms with Crippen molar-refractivity contribution in [3.63, 3.8) is 0 Å². The first-order valence-electron chi connectivity index (χ1n) is 12.8. The van der Waals surface area contributed by atoms with Crippen molar-refractivity contribution in [3.05, 3.63) is 99.9 Å². The molecule has 1 aliphatic rings. The molecular weight excluding hydrogens is 526 g/mol. The lowest BCUT2D eigenvalue weighted by Gasteiger charge is -2.23. The van der Waals surface area contributed by atoms with Gasteiger partial charge in [-0.2, -0.15) is 15.5 Å². The molecule has 1 unspecified atom stereocenters. The average molecular weight is 552 g/mol. The molecule has 1 saturated carbocycles. The standard InChI is InChI=1S/C30H25N5O4S/c1-2-26(22-5-3-4-20(14-22)16-31)35-27(15-19-6-7-19)34-29(36)28(30(35)37)40(38,39)24-10-8-21(9-11-24)25-18-33-13-12-23(25)17-32/h3-5,8-14,18-19,26,36H,2,6-7,15H2,1H3. The van der Waals surface area contributed by atoms with Crippen LogP contribution in [0.4, 0.5) is 0 Å². The fourth-order valence-corrected chi connectivity index (χ4v) is 6.21. The highest BCUT2D eigenvalue weighted by molar-refractivity contribution is 7.91. The first kappa shape index (κ1) is 26.8. The molecule has 0 bridgehead atoms. The van der Waals surface area contributed by atoms with Crippen LogP contribution in [-0.2, 0) is 16.3 Å². The fraction of sp³-hybridized carbons (Fsp3) is 0.233. The van der Waals surface area contributed by atoms with Crippen molar-refractivity contribution >= 4 is 9.84 Å². The van der Waals surface area contributed by atoms with E-state index in [1.54, 1.807) is 30.3 Å². The third-order valence-electron chi connectivity index (χ3n) is 7.08. The maximum atomic E-state index is 14.0.